The highest BCUT2D eigenvalue weighted by Gasteiger charge is 2.32. The minimum Gasteiger partial charge on any atom is -0.406 e. The van der Waals surface area contributed by atoms with Gasteiger partial charge >= 0.3 is 12.7 Å². The molecule has 3 rings (SSSR count). The highest BCUT2D eigenvalue weighted by atomic mass is 32.2. The fourth-order valence-corrected chi connectivity index (χ4v) is 5.17. The SMILES string of the molecule is Cc1cc(NS(=O)(=O)c2ccc(OC(F)(F)F)cc2)c(NS(=O)(=O)c2ccc(OC(F)(F)F)cc2)cc1C. The van der Waals surface area contributed by atoms with Crippen LogP contribution >= 0.6 is 0 Å². The third kappa shape index (κ3) is 7.67. The number of anilines is 2. The van der Waals surface area contributed by atoms with Crippen LogP contribution in [0, 0.1) is 13.8 Å². The highest BCUT2D eigenvalue weighted by molar-refractivity contribution is 7.93. The van der Waals surface area contributed by atoms with Gasteiger partial charge in [0.25, 0.3) is 20.0 Å². The zero-order chi connectivity index (χ0) is 28.5. The van der Waals surface area contributed by atoms with E-state index in [1.54, 1.807) is 13.8 Å². The second-order valence-corrected chi connectivity index (χ2v) is 11.1. The molecule has 2 N–H and O–H groups in total. The summed E-state index contributed by atoms with van der Waals surface area (Å²) in [4.78, 5) is -0.890. The lowest BCUT2D eigenvalue weighted by Gasteiger charge is -2.17. The van der Waals surface area contributed by atoms with Crippen LogP contribution in [-0.4, -0.2) is 29.6 Å². The van der Waals surface area contributed by atoms with Gasteiger partial charge in [-0.3, -0.25) is 9.44 Å². The fraction of sp³-hybridized carbons (Fsp3) is 0.182. The van der Waals surface area contributed by atoms with Crippen molar-refractivity contribution in [3.63, 3.8) is 0 Å². The number of hydrogen-bond acceptors (Lipinski definition) is 6. The van der Waals surface area contributed by atoms with E-state index in [1.165, 1.54) is 12.1 Å². The van der Waals surface area contributed by atoms with Crippen molar-refractivity contribution in [2.24, 2.45) is 0 Å². The summed E-state index contributed by atoms with van der Waals surface area (Å²) in [6.45, 7) is 3.24. The van der Waals surface area contributed by atoms with Crippen molar-refractivity contribution in [2.45, 2.75) is 36.4 Å². The molecule has 0 saturated carbocycles. The average molecular weight is 585 g/mol. The second kappa shape index (κ2) is 10.2. The number of rotatable bonds is 8. The molecule has 0 aliphatic carbocycles. The van der Waals surface area contributed by atoms with Gasteiger partial charge < -0.3 is 9.47 Å². The van der Waals surface area contributed by atoms with E-state index >= 15 is 0 Å². The van der Waals surface area contributed by atoms with Gasteiger partial charge in [-0.15, -0.1) is 26.3 Å². The van der Waals surface area contributed by atoms with E-state index in [-0.39, 0.29) is 11.4 Å². The summed E-state index contributed by atoms with van der Waals surface area (Å²) >= 11 is 0. The van der Waals surface area contributed by atoms with Gasteiger partial charge in [-0.2, -0.15) is 0 Å². The molecule has 0 bridgehead atoms. The summed E-state index contributed by atoms with van der Waals surface area (Å²) in [5, 5.41) is 0. The Morgan fingerprint density at radius 2 is 0.868 bits per heavy atom. The van der Waals surface area contributed by atoms with Gasteiger partial charge in [-0.05, 0) is 85.6 Å². The largest absolute Gasteiger partial charge is 0.573 e. The summed E-state index contributed by atoms with van der Waals surface area (Å²) < 4.78 is 137. The molecule has 16 heteroatoms. The van der Waals surface area contributed by atoms with E-state index in [1.807, 2.05) is 0 Å². The zero-order valence-electron chi connectivity index (χ0n) is 19.3. The molecule has 0 saturated heterocycles. The lowest BCUT2D eigenvalue weighted by atomic mass is 10.1. The van der Waals surface area contributed by atoms with Gasteiger partial charge in [0.15, 0.2) is 0 Å². The molecule has 0 unspecified atom stereocenters. The maximum Gasteiger partial charge on any atom is 0.573 e. The Bertz CT molecular complexity index is 1400. The molecule has 0 fully saturated rings. The number of benzene rings is 3. The number of sulfonamides is 2. The van der Waals surface area contributed by atoms with Crippen LogP contribution in [0.2, 0.25) is 0 Å². The Hall–Kier alpha value is -3.66. The predicted octanol–water partition coefficient (Wildman–Crippen LogP) is 5.70. The van der Waals surface area contributed by atoms with E-state index in [4.69, 9.17) is 0 Å². The minimum atomic E-state index is -4.98. The maximum absolute atomic E-state index is 12.9. The summed E-state index contributed by atoms with van der Waals surface area (Å²) in [6, 6.07) is 9.25. The van der Waals surface area contributed by atoms with Crippen molar-refractivity contribution in [1.29, 1.82) is 0 Å². The Balaban J connectivity index is 1.90. The number of nitrogens with one attached hydrogen (secondary N) is 2. The highest BCUT2D eigenvalue weighted by Crippen LogP contribution is 2.32. The molecular weight excluding hydrogens is 566 g/mol. The molecule has 0 heterocycles. The van der Waals surface area contributed by atoms with E-state index in [0.29, 0.717) is 11.1 Å². The number of alkyl halides is 6. The van der Waals surface area contributed by atoms with Gasteiger partial charge in [0.1, 0.15) is 11.5 Å². The van der Waals surface area contributed by atoms with Crippen LogP contribution in [0.3, 0.4) is 0 Å². The summed E-state index contributed by atoms with van der Waals surface area (Å²) in [6.07, 6.45) is -9.95. The topological polar surface area (TPSA) is 111 Å². The van der Waals surface area contributed by atoms with Crippen molar-refractivity contribution in [1.82, 2.24) is 0 Å². The first-order valence-electron chi connectivity index (χ1n) is 10.2. The molecule has 0 spiro atoms. The molecule has 3 aromatic carbocycles. The molecule has 0 radical (unpaired) electrons. The quantitative estimate of drug-likeness (QED) is 0.329. The third-order valence-corrected chi connectivity index (χ3v) is 7.62. The Labute approximate surface area is 213 Å². The van der Waals surface area contributed by atoms with Crippen LogP contribution in [0.1, 0.15) is 11.1 Å². The van der Waals surface area contributed by atoms with Gasteiger partial charge in [0, 0.05) is 0 Å². The first-order valence-corrected chi connectivity index (χ1v) is 13.2. The van der Waals surface area contributed by atoms with E-state index < -0.39 is 54.1 Å². The summed E-state index contributed by atoms with van der Waals surface area (Å²) in [5.41, 5.74) is 0.690. The van der Waals surface area contributed by atoms with Crippen LogP contribution in [0.5, 0.6) is 11.5 Å². The lowest BCUT2D eigenvalue weighted by Crippen LogP contribution is -2.19. The van der Waals surface area contributed by atoms with Gasteiger partial charge in [0.2, 0.25) is 0 Å². The van der Waals surface area contributed by atoms with Crippen molar-refractivity contribution in [3.8, 4) is 11.5 Å². The fourth-order valence-electron chi connectivity index (χ4n) is 3.03. The van der Waals surface area contributed by atoms with Crippen molar-refractivity contribution < 1.29 is 52.7 Å². The lowest BCUT2D eigenvalue weighted by molar-refractivity contribution is -0.275. The monoisotopic (exact) mass is 584 g/mol. The summed E-state index contributed by atoms with van der Waals surface area (Å²) in [5.74, 6) is -1.30. The smallest absolute Gasteiger partial charge is 0.406 e. The van der Waals surface area contributed by atoms with Gasteiger partial charge in [0.05, 0.1) is 21.2 Å². The molecule has 3 aromatic rings. The van der Waals surface area contributed by atoms with E-state index in [2.05, 4.69) is 18.9 Å². The van der Waals surface area contributed by atoms with Crippen LogP contribution in [-0.2, 0) is 20.0 Å². The van der Waals surface area contributed by atoms with Crippen LogP contribution < -0.4 is 18.9 Å². The summed E-state index contributed by atoms with van der Waals surface area (Å²) in [7, 11) is -8.83. The number of ether oxygens (including phenoxy) is 2. The molecule has 0 aromatic heterocycles. The van der Waals surface area contributed by atoms with Crippen molar-refractivity contribution in [3.05, 3.63) is 71.8 Å². The van der Waals surface area contributed by atoms with Gasteiger partial charge in [-0.25, -0.2) is 16.8 Å². The molecular formula is C22H18F6N2O6S2. The molecule has 38 heavy (non-hydrogen) atoms. The minimum absolute atomic E-state index is 0.218. The average Bonchev–Trinajstić information content (AvgIpc) is 2.75. The molecule has 0 aliphatic rings. The Morgan fingerprint density at radius 3 is 1.13 bits per heavy atom. The predicted molar refractivity (Wildman–Crippen MR) is 124 cm³/mol. The van der Waals surface area contributed by atoms with E-state index in [0.717, 1.165) is 48.5 Å². The zero-order valence-corrected chi connectivity index (χ0v) is 20.9. The standard InChI is InChI=1S/C22H18F6N2O6S2/c1-13-11-19(29-37(31,32)17-7-3-15(4-8-17)35-21(23,24)25)20(12-14(13)2)30-38(33,34)18-9-5-16(6-10-18)36-22(26,27)28/h3-12,29-30H,1-2H3. The van der Waals surface area contributed by atoms with Crippen LogP contribution in [0.25, 0.3) is 0 Å². The van der Waals surface area contributed by atoms with E-state index in [9.17, 15) is 43.2 Å². The number of aryl methyl sites for hydroxylation is 2. The third-order valence-electron chi connectivity index (χ3n) is 4.86. The Kier molecular flexibility index (Phi) is 7.79. The van der Waals surface area contributed by atoms with Crippen molar-refractivity contribution >= 4 is 31.4 Å². The second-order valence-electron chi connectivity index (χ2n) is 7.73. The molecule has 0 aliphatic heterocycles. The molecule has 0 atom stereocenters. The normalized spacial score (nSPS) is 12.6. The Morgan fingerprint density at radius 1 is 0.579 bits per heavy atom. The molecule has 8 nitrogen and oxygen atoms in total. The first kappa shape index (κ1) is 28.9. The molecule has 206 valence electrons. The number of halogens is 6. The van der Waals surface area contributed by atoms with Crippen LogP contribution in [0.15, 0.2) is 70.5 Å². The van der Waals surface area contributed by atoms with Crippen LogP contribution in [0.4, 0.5) is 37.7 Å². The maximum atomic E-state index is 12.9. The van der Waals surface area contributed by atoms with Gasteiger partial charge in [-0.1, -0.05) is 0 Å². The first-order chi connectivity index (χ1) is 17.3. The van der Waals surface area contributed by atoms with Crippen molar-refractivity contribution in [2.75, 3.05) is 9.44 Å². The number of hydrogen-bond donors (Lipinski definition) is 2. The molecule has 0 amide bonds.